The van der Waals surface area contributed by atoms with Crippen LogP contribution in [0.4, 0.5) is 13.2 Å². The van der Waals surface area contributed by atoms with Crippen LogP contribution in [0.2, 0.25) is 0 Å². The molecule has 0 amide bonds. The molecule has 1 heterocycles. The molecular formula is C16H22F3NO3S. The summed E-state index contributed by atoms with van der Waals surface area (Å²) >= 11 is 1.63. The van der Waals surface area contributed by atoms with E-state index in [2.05, 4.69) is 0 Å². The number of carbonyl (C=O) groups is 2. The number of ether oxygens (including phenoxy) is 1. The smallest absolute Gasteiger partial charge is 0.406 e. The highest BCUT2D eigenvalue weighted by Gasteiger charge is 2.30. The van der Waals surface area contributed by atoms with Gasteiger partial charge in [0.2, 0.25) is 5.78 Å². The number of hydrogen-bond donors (Lipinski definition) is 0. The van der Waals surface area contributed by atoms with Crippen molar-refractivity contribution in [2.45, 2.75) is 51.6 Å². The van der Waals surface area contributed by atoms with Crippen LogP contribution in [0.1, 0.15) is 41.5 Å². The number of aryl methyl sites for hydroxylation is 1. The van der Waals surface area contributed by atoms with E-state index < -0.39 is 31.1 Å². The number of nitrogens with zero attached hydrogens (tertiary/aromatic N) is 1. The van der Waals surface area contributed by atoms with Crippen LogP contribution < -0.4 is 0 Å². The molecule has 0 aliphatic carbocycles. The molecule has 24 heavy (non-hydrogen) atoms. The largest absolute Gasteiger partial charge is 0.457 e. The van der Waals surface area contributed by atoms with E-state index in [9.17, 15) is 22.8 Å². The van der Waals surface area contributed by atoms with Gasteiger partial charge in [-0.2, -0.15) is 24.9 Å². The Kier molecular flexibility index (Phi) is 7.38. The van der Waals surface area contributed by atoms with Crippen molar-refractivity contribution < 1.29 is 27.5 Å². The molecule has 0 radical (unpaired) electrons. The Bertz CT molecular complexity index is 596. The summed E-state index contributed by atoms with van der Waals surface area (Å²) in [6, 6.07) is 1.40. The molecule has 1 aromatic rings. The van der Waals surface area contributed by atoms with Gasteiger partial charge in [0.1, 0.15) is 6.54 Å². The van der Waals surface area contributed by atoms with E-state index in [1.165, 1.54) is 19.9 Å². The van der Waals surface area contributed by atoms with Gasteiger partial charge in [0.15, 0.2) is 6.61 Å². The van der Waals surface area contributed by atoms with Crippen LogP contribution in [0.25, 0.3) is 0 Å². The van der Waals surface area contributed by atoms with Gasteiger partial charge in [-0.05, 0) is 32.6 Å². The highest BCUT2D eigenvalue weighted by Crippen LogP contribution is 2.23. The van der Waals surface area contributed by atoms with Gasteiger partial charge >= 0.3 is 12.1 Å². The number of hydrogen-bond acceptors (Lipinski definition) is 4. The minimum atomic E-state index is -4.37. The van der Waals surface area contributed by atoms with Gasteiger partial charge in [0, 0.05) is 28.6 Å². The number of ketones is 1. The molecule has 0 N–H and O–H groups in total. The molecule has 8 heteroatoms. The molecule has 1 rings (SSSR count). The third-order valence-electron chi connectivity index (χ3n) is 3.73. The van der Waals surface area contributed by atoms with Crippen LogP contribution in [0.15, 0.2) is 6.07 Å². The molecule has 0 aliphatic rings. The molecule has 1 unspecified atom stereocenters. The molecule has 0 bridgehead atoms. The third kappa shape index (κ3) is 6.22. The predicted octanol–water partition coefficient (Wildman–Crippen LogP) is 3.92. The van der Waals surface area contributed by atoms with Crippen molar-refractivity contribution in [3.63, 3.8) is 0 Å². The van der Waals surface area contributed by atoms with Gasteiger partial charge in [-0.25, -0.2) is 0 Å². The summed E-state index contributed by atoms with van der Waals surface area (Å²) in [6.07, 6.45) is -1.57. The van der Waals surface area contributed by atoms with Gasteiger partial charge in [-0.3, -0.25) is 9.59 Å². The molecule has 0 aromatic carbocycles. The summed E-state index contributed by atoms with van der Waals surface area (Å²) in [5, 5.41) is 0.314. The van der Waals surface area contributed by atoms with Crippen molar-refractivity contribution in [1.82, 2.24) is 4.57 Å². The van der Waals surface area contributed by atoms with Crippen LogP contribution in [0.5, 0.6) is 0 Å². The Morgan fingerprint density at radius 1 is 1.33 bits per heavy atom. The minimum Gasteiger partial charge on any atom is -0.457 e. The van der Waals surface area contributed by atoms with Crippen molar-refractivity contribution in [3.8, 4) is 0 Å². The van der Waals surface area contributed by atoms with Crippen LogP contribution >= 0.6 is 11.8 Å². The number of halogens is 3. The second kappa shape index (κ2) is 8.60. The molecule has 0 saturated heterocycles. The molecule has 0 spiro atoms. The van der Waals surface area contributed by atoms with Crippen molar-refractivity contribution >= 4 is 23.5 Å². The van der Waals surface area contributed by atoms with E-state index in [-0.39, 0.29) is 17.7 Å². The van der Waals surface area contributed by atoms with Gasteiger partial charge in [-0.1, -0.05) is 6.92 Å². The average molecular weight is 365 g/mol. The van der Waals surface area contributed by atoms with E-state index in [0.29, 0.717) is 17.4 Å². The summed E-state index contributed by atoms with van der Waals surface area (Å²) in [5.74, 6) is -0.976. The molecule has 1 atom stereocenters. The maximum Gasteiger partial charge on any atom is 0.406 e. The zero-order valence-corrected chi connectivity index (χ0v) is 15.0. The number of carbonyl (C=O) groups excluding carboxylic acids is 2. The van der Waals surface area contributed by atoms with Crippen molar-refractivity contribution in [2.75, 3.05) is 12.9 Å². The maximum absolute atomic E-state index is 12.6. The van der Waals surface area contributed by atoms with Gasteiger partial charge in [-0.15, -0.1) is 0 Å². The first-order valence-electron chi connectivity index (χ1n) is 7.50. The van der Waals surface area contributed by atoms with Crippen LogP contribution in [-0.2, 0) is 16.1 Å². The summed E-state index contributed by atoms with van der Waals surface area (Å²) in [7, 11) is 0. The Balaban J connectivity index is 2.66. The molecule has 1 aromatic heterocycles. The predicted molar refractivity (Wildman–Crippen MR) is 87.5 cm³/mol. The topological polar surface area (TPSA) is 48.3 Å². The van der Waals surface area contributed by atoms with Crippen LogP contribution in [0.3, 0.4) is 0 Å². The Labute approximate surface area is 143 Å². The Morgan fingerprint density at radius 2 is 1.96 bits per heavy atom. The first kappa shape index (κ1) is 20.6. The SMILES string of the molecule is CSC(C)CCC(=O)OCC(=O)c1cc(C)n(CC(F)(F)F)c1C. The highest BCUT2D eigenvalue weighted by atomic mass is 32.2. The summed E-state index contributed by atoms with van der Waals surface area (Å²) < 4.78 is 43.7. The van der Waals surface area contributed by atoms with Crippen LogP contribution in [0, 0.1) is 13.8 Å². The van der Waals surface area contributed by atoms with E-state index in [1.807, 2.05) is 13.2 Å². The van der Waals surface area contributed by atoms with Gasteiger partial charge < -0.3 is 9.30 Å². The highest BCUT2D eigenvalue weighted by molar-refractivity contribution is 7.99. The van der Waals surface area contributed by atoms with Crippen molar-refractivity contribution in [1.29, 1.82) is 0 Å². The lowest BCUT2D eigenvalue weighted by molar-refractivity contribution is -0.142. The molecule has 136 valence electrons. The zero-order chi connectivity index (χ0) is 18.5. The van der Waals surface area contributed by atoms with E-state index in [0.717, 1.165) is 4.57 Å². The van der Waals surface area contributed by atoms with Gasteiger partial charge in [0.25, 0.3) is 0 Å². The zero-order valence-electron chi connectivity index (χ0n) is 14.2. The number of thioether (sulfide) groups is 1. The van der Waals surface area contributed by atoms with E-state index >= 15 is 0 Å². The molecule has 0 fully saturated rings. The Morgan fingerprint density at radius 3 is 2.50 bits per heavy atom. The maximum atomic E-state index is 12.6. The lowest BCUT2D eigenvalue weighted by Crippen LogP contribution is -2.20. The summed E-state index contributed by atoms with van der Waals surface area (Å²) in [5.41, 5.74) is 0.720. The number of alkyl halides is 3. The van der Waals surface area contributed by atoms with Crippen molar-refractivity contribution in [2.24, 2.45) is 0 Å². The fourth-order valence-electron chi connectivity index (χ4n) is 2.24. The van der Waals surface area contributed by atoms with E-state index in [4.69, 9.17) is 4.74 Å². The fraction of sp³-hybridized carbons (Fsp3) is 0.625. The lowest BCUT2D eigenvalue weighted by Gasteiger charge is -2.12. The number of Topliss-reactive ketones (excluding diaryl/α,β-unsaturated/α-hetero) is 1. The average Bonchev–Trinajstić information content (AvgIpc) is 2.76. The second-order valence-electron chi connectivity index (χ2n) is 5.65. The molecule has 0 saturated carbocycles. The van der Waals surface area contributed by atoms with E-state index in [1.54, 1.807) is 11.8 Å². The number of esters is 1. The van der Waals surface area contributed by atoms with Crippen molar-refractivity contribution in [3.05, 3.63) is 23.0 Å². The molecule has 4 nitrogen and oxygen atoms in total. The standard InChI is InChI=1S/C16H22F3NO3S/c1-10-7-13(12(3)20(10)9-16(17,18)19)14(21)8-23-15(22)6-5-11(2)24-4/h7,11H,5-6,8-9H2,1-4H3. The quantitative estimate of drug-likeness (QED) is 0.517. The first-order chi connectivity index (χ1) is 11.0. The van der Waals surface area contributed by atoms with Gasteiger partial charge in [0.05, 0.1) is 0 Å². The lowest BCUT2D eigenvalue weighted by atomic mass is 10.1. The molecule has 0 aliphatic heterocycles. The summed E-state index contributed by atoms with van der Waals surface area (Å²) in [4.78, 5) is 23.7. The molecular weight excluding hydrogens is 343 g/mol. The summed E-state index contributed by atoms with van der Waals surface area (Å²) in [6.45, 7) is 3.34. The fourth-order valence-corrected chi connectivity index (χ4v) is 2.59. The first-order valence-corrected chi connectivity index (χ1v) is 8.79. The number of rotatable bonds is 8. The van der Waals surface area contributed by atoms with Crippen LogP contribution in [-0.4, -0.2) is 40.6 Å². The Hall–Kier alpha value is -1.44. The normalized spacial score (nSPS) is 13.0. The minimum absolute atomic E-state index is 0.155. The second-order valence-corrected chi connectivity index (χ2v) is 6.93. The third-order valence-corrected chi connectivity index (χ3v) is 4.77. The number of aromatic nitrogens is 1. The monoisotopic (exact) mass is 365 g/mol.